The van der Waals surface area contributed by atoms with Crippen molar-refractivity contribution in [1.29, 1.82) is 0 Å². The summed E-state index contributed by atoms with van der Waals surface area (Å²) >= 11 is 0. The normalized spacial score (nSPS) is 14.6. The molecule has 2 unspecified atom stereocenters. The molecule has 0 radical (unpaired) electrons. The third kappa shape index (κ3) is 4.47. The Kier molecular flexibility index (Phi) is 6.20. The predicted molar refractivity (Wildman–Crippen MR) is 71.5 cm³/mol. The van der Waals surface area contributed by atoms with Crippen LogP contribution in [0.25, 0.3) is 0 Å². The van der Waals surface area contributed by atoms with Gasteiger partial charge in [0.15, 0.2) is 0 Å². The third-order valence-electron chi connectivity index (χ3n) is 3.15. The Bertz CT molecular complexity index is 324. The largest absolute Gasteiger partial charge is 0.310 e. The first-order chi connectivity index (χ1) is 8.19. The zero-order chi connectivity index (χ0) is 12.7. The summed E-state index contributed by atoms with van der Waals surface area (Å²) in [6.07, 6.45) is 3.40. The Morgan fingerprint density at radius 3 is 2.53 bits per heavy atom. The molecule has 0 saturated carbocycles. The highest BCUT2D eigenvalue weighted by molar-refractivity contribution is 5.21. The van der Waals surface area contributed by atoms with Crippen molar-refractivity contribution in [2.24, 2.45) is 5.92 Å². The van der Waals surface area contributed by atoms with Gasteiger partial charge in [-0.25, -0.2) is 4.39 Å². The van der Waals surface area contributed by atoms with Gasteiger partial charge in [0.05, 0.1) is 0 Å². The number of hydrogen-bond donors (Lipinski definition) is 1. The van der Waals surface area contributed by atoms with E-state index >= 15 is 0 Å². The third-order valence-corrected chi connectivity index (χ3v) is 3.15. The standard InChI is InChI=1S/C15H24FN/c1-4-8-12(3)11-15(17-5-2)13-9-6-7-10-14(13)16/h6-7,9-10,12,15,17H,4-5,8,11H2,1-3H3. The van der Waals surface area contributed by atoms with Crippen LogP contribution in [0, 0.1) is 11.7 Å². The molecule has 1 rings (SSSR count). The van der Waals surface area contributed by atoms with E-state index in [-0.39, 0.29) is 11.9 Å². The van der Waals surface area contributed by atoms with Crippen LogP contribution in [0.15, 0.2) is 24.3 Å². The lowest BCUT2D eigenvalue weighted by molar-refractivity contribution is 0.386. The number of halogens is 1. The second-order valence-electron chi connectivity index (χ2n) is 4.76. The fraction of sp³-hybridized carbons (Fsp3) is 0.600. The summed E-state index contributed by atoms with van der Waals surface area (Å²) in [5, 5.41) is 3.39. The average molecular weight is 237 g/mol. The minimum absolute atomic E-state index is 0.0952. The van der Waals surface area contributed by atoms with Crippen molar-refractivity contribution in [2.45, 2.75) is 46.1 Å². The molecule has 0 aliphatic carbocycles. The summed E-state index contributed by atoms with van der Waals surface area (Å²) in [5.41, 5.74) is 0.803. The maximum absolute atomic E-state index is 13.8. The molecule has 0 amide bonds. The van der Waals surface area contributed by atoms with Gasteiger partial charge in [-0.15, -0.1) is 0 Å². The number of benzene rings is 1. The van der Waals surface area contributed by atoms with E-state index in [9.17, 15) is 4.39 Å². The summed E-state index contributed by atoms with van der Waals surface area (Å²) < 4.78 is 13.8. The van der Waals surface area contributed by atoms with E-state index in [1.165, 1.54) is 12.8 Å². The second kappa shape index (κ2) is 7.44. The monoisotopic (exact) mass is 237 g/mol. The highest BCUT2D eigenvalue weighted by Crippen LogP contribution is 2.25. The quantitative estimate of drug-likeness (QED) is 0.745. The van der Waals surface area contributed by atoms with Crippen molar-refractivity contribution in [3.05, 3.63) is 35.6 Å². The molecule has 0 heterocycles. The molecule has 0 bridgehead atoms. The van der Waals surface area contributed by atoms with Crippen LogP contribution < -0.4 is 5.32 Å². The molecule has 0 saturated heterocycles. The molecule has 1 aromatic carbocycles. The Labute approximate surface area is 104 Å². The van der Waals surface area contributed by atoms with Gasteiger partial charge in [-0.3, -0.25) is 0 Å². The molecule has 0 aliphatic rings. The Hall–Kier alpha value is -0.890. The summed E-state index contributed by atoms with van der Waals surface area (Å²) in [6, 6.07) is 7.23. The Morgan fingerprint density at radius 2 is 1.94 bits per heavy atom. The van der Waals surface area contributed by atoms with E-state index in [1.54, 1.807) is 12.1 Å². The lowest BCUT2D eigenvalue weighted by Crippen LogP contribution is -2.23. The van der Waals surface area contributed by atoms with Gasteiger partial charge in [-0.2, -0.15) is 0 Å². The number of nitrogens with one attached hydrogen (secondary N) is 1. The maximum atomic E-state index is 13.8. The number of rotatable bonds is 7. The lowest BCUT2D eigenvalue weighted by Gasteiger charge is -2.22. The topological polar surface area (TPSA) is 12.0 Å². The van der Waals surface area contributed by atoms with E-state index in [0.29, 0.717) is 5.92 Å². The van der Waals surface area contributed by atoms with Crippen LogP contribution in [0.4, 0.5) is 4.39 Å². The predicted octanol–water partition coefficient (Wildman–Crippen LogP) is 4.30. The molecular formula is C15H24FN. The van der Waals surface area contributed by atoms with Gasteiger partial charge < -0.3 is 5.32 Å². The average Bonchev–Trinajstić information content (AvgIpc) is 2.29. The highest BCUT2D eigenvalue weighted by Gasteiger charge is 2.16. The van der Waals surface area contributed by atoms with Crippen molar-refractivity contribution in [3.63, 3.8) is 0 Å². The number of hydrogen-bond acceptors (Lipinski definition) is 1. The minimum atomic E-state index is -0.0952. The Balaban J connectivity index is 2.75. The second-order valence-corrected chi connectivity index (χ2v) is 4.76. The molecule has 2 atom stereocenters. The van der Waals surface area contributed by atoms with Crippen molar-refractivity contribution in [1.82, 2.24) is 5.32 Å². The Morgan fingerprint density at radius 1 is 1.24 bits per heavy atom. The van der Waals surface area contributed by atoms with Crippen molar-refractivity contribution in [3.8, 4) is 0 Å². The van der Waals surface area contributed by atoms with Gasteiger partial charge in [0.1, 0.15) is 5.82 Å². The van der Waals surface area contributed by atoms with Crippen molar-refractivity contribution in [2.75, 3.05) is 6.54 Å². The highest BCUT2D eigenvalue weighted by atomic mass is 19.1. The first-order valence-corrected chi connectivity index (χ1v) is 6.66. The van der Waals surface area contributed by atoms with Gasteiger partial charge in [0.25, 0.3) is 0 Å². The molecule has 1 N–H and O–H groups in total. The summed E-state index contributed by atoms with van der Waals surface area (Å²) in [4.78, 5) is 0. The molecule has 0 aromatic heterocycles. The zero-order valence-corrected chi connectivity index (χ0v) is 11.2. The fourth-order valence-electron chi connectivity index (χ4n) is 2.34. The van der Waals surface area contributed by atoms with Crippen LogP contribution >= 0.6 is 0 Å². The SMILES string of the molecule is CCCC(C)CC(NCC)c1ccccc1F. The van der Waals surface area contributed by atoms with E-state index < -0.39 is 0 Å². The van der Waals surface area contributed by atoms with Crippen LogP contribution in [-0.2, 0) is 0 Å². The maximum Gasteiger partial charge on any atom is 0.127 e. The molecule has 96 valence electrons. The fourth-order valence-corrected chi connectivity index (χ4v) is 2.34. The summed E-state index contributed by atoms with van der Waals surface area (Å²) in [7, 11) is 0. The first-order valence-electron chi connectivity index (χ1n) is 6.66. The van der Waals surface area contributed by atoms with E-state index in [1.807, 2.05) is 12.1 Å². The van der Waals surface area contributed by atoms with Gasteiger partial charge in [0.2, 0.25) is 0 Å². The van der Waals surface area contributed by atoms with Crippen molar-refractivity contribution >= 4 is 0 Å². The molecule has 2 heteroatoms. The van der Waals surface area contributed by atoms with Gasteiger partial charge >= 0.3 is 0 Å². The van der Waals surface area contributed by atoms with E-state index in [0.717, 1.165) is 18.5 Å². The first kappa shape index (κ1) is 14.2. The molecular weight excluding hydrogens is 213 g/mol. The lowest BCUT2D eigenvalue weighted by atomic mass is 9.92. The smallest absolute Gasteiger partial charge is 0.127 e. The summed E-state index contributed by atoms with van der Waals surface area (Å²) in [6.45, 7) is 7.38. The molecule has 1 aromatic rings. The van der Waals surface area contributed by atoms with Crippen LogP contribution in [0.5, 0.6) is 0 Å². The van der Waals surface area contributed by atoms with Gasteiger partial charge in [-0.1, -0.05) is 51.8 Å². The van der Waals surface area contributed by atoms with E-state index in [4.69, 9.17) is 0 Å². The molecule has 0 spiro atoms. The van der Waals surface area contributed by atoms with Crippen molar-refractivity contribution < 1.29 is 4.39 Å². The molecule has 17 heavy (non-hydrogen) atoms. The minimum Gasteiger partial charge on any atom is -0.310 e. The molecule has 1 nitrogen and oxygen atoms in total. The van der Waals surface area contributed by atoms with Crippen LogP contribution in [0.2, 0.25) is 0 Å². The van der Waals surface area contributed by atoms with Gasteiger partial charge in [-0.05, 0) is 24.9 Å². The molecule has 0 aliphatic heterocycles. The van der Waals surface area contributed by atoms with Gasteiger partial charge in [0, 0.05) is 11.6 Å². The molecule has 0 fully saturated rings. The van der Waals surface area contributed by atoms with Crippen LogP contribution in [0.1, 0.15) is 51.6 Å². The van der Waals surface area contributed by atoms with E-state index in [2.05, 4.69) is 26.1 Å². The van der Waals surface area contributed by atoms with Crippen LogP contribution in [-0.4, -0.2) is 6.54 Å². The zero-order valence-electron chi connectivity index (χ0n) is 11.2. The summed E-state index contributed by atoms with van der Waals surface area (Å²) in [5.74, 6) is 0.533. The van der Waals surface area contributed by atoms with Crippen LogP contribution in [0.3, 0.4) is 0 Å².